The summed E-state index contributed by atoms with van der Waals surface area (Å²) in [4.78, 5) is 17.9. The number of fused-ring (bicyclic) bond motifs is 1. The zero-order chi connectivity index (χ0) is 22.9. The van der Waals surface area contributed by atoms with E-state index in [1.165, 1.54) is 4.68 Å². The summed E-state index contributed by atoms with van der Waals surface area (Å²) in [5.41, 5.74) is 3.67. The molecule has 0 bridgehead atoms. The minimum absolute atomic E-state index is 0.206. The Morgan fingerprint density at radius 2 is 1.91 bits per heavy atom. The minimum Gasteiger partial charge on any atom is -0.497 e. The Kier molecular flexibility index (Phi) is 5.40. The first-order chi connectivity index (χ1) is 16.0. The van der Waals surface area contributed by atoms with Crippen molar-refractivity contribution >= 4 is 28.3 Å². The van der Waals surface area contributed by atoms with Crippen molar-refractivity contribution in [3.8, 4) is 11.6 Å². The standard InChI is InChI=1S/C25H20ClN5O2/c1-16-24(25(32)21-15-31(29-28-21)23-5-3-4-12-27-23)20-13-19(33-2)10-11-22(20)30(16)14-17-6-8-18(26)9-7-17/h3-13,15H,14H2,1-2H3. The third-order valence-electron chi connectivity index (χ3n) is 5.62. The number of nitrogens with zero attached hydrogens (tertiary/aromatic N) is 5. The van der Waals surface area contributed by atoms with E-state index in [0.29, 0.717) is 28.7 Å². The maximum atomic E-state index is 13.6. The van der Waals surface area contributed by atoms with Crippen LogP contribution in [-0.4, -0.2) is 37.4 Å². The molecule has 0 saturated heterocycles. The lowest BCUT2D eigenvalue weighted by Gasteiger charge is -2.09. The van der Waals surface area contributed by atoms with Crippen LogP contribution in [0.3, 0.4) is 0 Å². The molecular weight excluding hydrogens is 438 g/mol. The number of methoxy groups -OCH3 is 1. The van der Waals surface area contributed by atoms with Gasteiger partial charge in [-0.3, -0.25) is 4.79 Å². The third-order valence-corrected chi connectivity index (χ3v) is 5.87. The first-order valence-electron chi connectivity index (χ1n) is 10.3. The number of carbonyl (C=O) groups is 1. The minimum atomic E-state index is -0.206. The molecule has 0 radical (unpaired) electrons. The second-order valence-electron chi connectivity index (χ2n) is 7.62. The van der Waals surface area contributed by atoms with Gasteiger partial charge in [0.15, 0.2) is 11.5 Å². The van der Waals surface area contributed by atoms with Crippen molar-refractivity contribution in [2.75, 3.05) is 7.11 Å². The summed E-state index contributed by atoms with van der Waals surface area (Å²) in [6.07, 6.45) is 3.27. The summed E-state index contributed by atoms with van der Waals surface area (Å²) >= 11 is 6.05. The Hall–Kier alpha value is -3.97. The van der Waals surface area contributed by atoms with E-state index < -0.39 is 0 Å². The second-order valence-corrected chi connectivity index (χ2v) is 8.06. The summed E-state index contributed by atoms with van der Waals surface area (Å²) in [7, 11) is 1.61. The van der Waals surface area contributed by atoms with Crippen molar-refractivity contribution in [1.82, 2.24) is 24.5 Å². The lowest BCUT2D eigenvalue weighted by atomic mass is 10.0. The summed E-state index contributed by atoms with van der Waals surface area (Å²) < 4.78 is 9.05. The van der Waals surface area contributed by atoms with Gasteiger partial charge in [-0.2, -0.15) is 0 Å². The summed E-state index contributed by atoms with van der Waals surface area (Å²) in [5, 5.41) is 9.72. The summed E-state index contributed by atoms with van der Waals surface area (Å²) in [5.74, 6) is 1.06. The molecule has 3 aromatic heterocycles. The molecule has 0 aliphatic rings. The van der Waals surface area contributed by atoms with Gasteiger partial charge in [0.05, 0.1) is 18.9 Å². The lowest BCUT2D eigenvalue weighted by molar-refractivity contribution is 0.103. The molecule has 5 aromatic rings. The molecule has 5 rings (SSSR count). The van der Waals surface area contributed by atoms with Gasteiger partial charge in [0.25, 0.3) is 0 Å². The highest BCUT2D eigenvalue weighted by molar-refractivity contribution is 6.30. The molecule has 3 heterocycles. The number of benzene rings is 2. The van der Waals surface area contributed by atoms with Crippen molar-refractivity contribution < 1.29 is 9.53 Å². The van der Waals surface area contributed by atoms with Crippen LogP contribution in [0.25, 0.3) is 16.7 Å². The maximum absolute atomic E-state index is 13.6. The molecule has 0 fully saturated rings. The van der Waals surface area contributed by atoms with Crippen LogP contribution in [-0.2, 0) is 6.54 Å². The van der Waals surface area contributed by atoms with Crippen LogP contribution in [0.4, 0.5) is 0 Å². The van der Waals surface area contributed by atoms with Crippen molar-refractivity contribution in [3.05, 3.63) is 101 Å². The molecule has 2 aromatic carbocycles. The predicted molar refractivity (Wildman–Crippen MR) is 126 cm³/mol. The van der Waals surface area contributed by atoms with Crippen LogP contribution in [0.1, 0.15) is 27.3 Å². The van der Waals surface area contributed by atoms with E-state index in [9.17, 15) is 4.79 Å². The molecule has 0 N–H and O–H groups in total. The zero-order valence-electron chi connectivity index (χ0n) is 18.1. The Balaban J connectivity index is 1.61. The van der Waals surface area contributed by atoms with Gasteiger partial charge in [0.1, 0.15) is 5.75 Å². The van der Waals surface area contributed by atoms with Gasteiger partial charge in [-0.25, -0.2) is 9.67 Å². The van der Waals surface area contributed by atoms with Crippen molar-refractivity contribution in [3.63, 3.8) is 0 Å². The smallest absolute Gasteiger partial charge is 0.217 e. The second kappa shape index (κ2) is 8.52. The van der Waals surface area contributed by atoms with Crippen LogP contribution >= 0.6 is 11.6 Å². The van der Waals surface area contributed by atoms with Gasteiger partial charge < -0.3 is 9.30 Å². The van der Waals surface area contributed by atoms with Gasteiger partial charge in [-0.15, -0.1) is 5.10 Å². The highest BCUT2D eigenvalue weighted by atomic mass is 35.5. The molecule has 0 atom stereocenters. The van der Waals surface area contributed by atoms with Crippen LogP contribution in [0.15, 0.2) is 73.1 Å². The molecule has 7 nitrogen and oxygen atoms in total. The summed E-state index contributed by atoms with van der Waals surface area (Å²) in [6.45, 7) is 2.54. The van der Waals surface area contributed by atoms with Crippen molar-refractivity contribution in [1.29, 1.82) is 0 Å². The first-order valence-corrected chi connectivity index (χ1v) is 10.7. The highest BCUT2D eigenvalue weighted by Crippen LogP contribution is 2.31. The molecule has 8 heteroatoms. The number of hydrogen-bond donors (Lipinski definition) is 0. The summed E-state index contributed by atoms with van der Waals surface area (Å²) in [6, 6.07) is 18.9. The van der Waals surface area contributed by atoms with Gasteiger partial charge in [0.2, 0.25) is 5.78 Å². The van der Waals surface area contributed by atoms with Gasteiger partial charge >= 0.3 is 0 Å². The topological polar surface area (TPSA) is 74.8 Å². The van der Waals surface area contributed by atoms with Crippen LogP contribution in [0.2, 0.25) is 5.02 Å². The first kappa shape index (κ1) is 20.9. The van der Waals surface area contributed by atoms with Crippen LogP contribution in [0, 0.1) is 6.92 Å². The molecule has 0 saturated carbocycles. The number of aromatic nitrogens is 5. The van der Waals surface area contributed by atoms with Crippen LogP contribution < -0.4 is 4.74 Å². The number of ether oxygens (including phenoxy) is 1. The molecule has 0 aliphatic carbocycles. The van der Waals surface area contributed by atoms with Crippen LogP contribution in [0.5, 0.6) is 5.75 Å². The lowest BCUT2D eigenvalue weighted by Crippen LogP contribution is -2.07. The number of ketones is 1. The number of hydrogen-bond acceptors (Lipinski definition) is 5. The average Bonchev–Trinajstić information content (AvgIpc) is 3.44. The highest BCUT2D eigenvalue weighted by Gasteiger charge is 2.24. The van der Waals surface area contributed by atoms with E-state index in [0.717, 1.165) is 22.2 Å². The quantitative estimate of drug-likeness (QED) is 0.340. The van der Waals surface area contributed by atoms with Crippen molar-refractivity contribution in [2.45, 2.75) is 13.5 Å². The average molecular weight is 458 g/mol. The predicted octanol–water partition coefficient (Wildman–Crippen LogP) is 4.87. The Morgan fingerprint density at radius 3 is 2.64 bits per heavy atom. The monoisotopic (exact) mass is 457 g/mol. The molecule has 0 spiro atoms. The van der Waals surface area contributed by atoms with E-state index in [2.05, 4.69) is 19.9 Å². The number of carbonyl (C=O) groups excluding carboxylic acids is 1. The largest absolute Gasteiger partial charge is 0.497 e. The molecule has 164 valence electrons. The molecule has 0 amide bonds. The van der Waals surface area contributed by atoms with E-state index in [-0.39, 0.29) is 11.5 Å². The molecular formula is C25H20ClN5O2. The van der Waals surface area contributed by atoms with Gasteiger partial charge in [-0.05, 0) is 55.0 Å². The Labute approximate surface area is 195 Å². The SMILES string of the molecule is COc1ccc2c(c1)c(C(=O)c1cn(-c3ccccn3)nn1)c(C)n2Cc1ccc(Cl)cc1. The Bertz CT molecular complexity index is 1460. The molecule has 0 unspecified atom stereocenters. The zero-order valence-corrected chi connectivity index (χ0v) is 18.8. The maximum Gasteiger partial charge on any atom is 0.217 e. The van der Waals surface area contributed by atoms with E-state index >= 15 is 0 Å². The number of pyridine rings is 1. The van der Waals surface area contributed by atoms with Crippen molar-refractivity contribution in [2.24, 2.45) is 0 Å². The fourth-order valence-electron chi connectivity index (χ4n) is 3.95. The fourth-order valence-corrected chi connectivity index (χ4v) is 4.07. The van der Waals surface area contributed by atoms with Gasteiger partial charge in [0, 0.05) is 34.4 Å². The van der Waals surface area contributed by atoms with Gasteiger partial charge in [-0.1, -0.05) is 35.0 Å². The normalized spacial score (nSPS) is 11.1. The van der Waals surface area contributed by atoms with E-state index in [1.54, 1.807) is 25.6 Å². The fraction of sp³-hybridized carbons (Fsp3) is 0.120. The number of halogens is 1. The third kappa shape index (κ3) is 3.87. The molecule has 0 aliphatic heterocycles. The van der Waals surface area contributed by atoms with E-state index in [1.807, 2.05) is 61.5 Å². The number of rotatable bonds is 6. The molecule has 33 heavy (non-hydrogen) atoms. The Morgan fingerprint density at radius 1 is 1.09 bits per heavy atom. The van der Waals surface area contributed by atoms with E-state index in [4.69, 9.17) is 16.3 Å².